The summed E-state index contributed by atoms with van der Waals surface area (Å²) in [5, 5.41) is 0. The van der Waals surface area contributed by atoms with E-state index in [-0.39, 0.29) is 5.56 Å². The molecule has 1 aromatic carbocycles. The zero-order valence-corrected chi connectivity index (χ0v) is 5.77. The van der Waals surface area contributed by atoms with Crippen molar-refractivity contribution in [3.05, 3.63) is 35.1 Å². The van der Waals surface area contributed by atoms with Gasteiger partial charge in [-0.1, -0.05) is 5.92 Å². The quantitative estimate of drug-likeness (QED) is 0.541. The fraction of sp³-hybridized carbons (Fsp3) is 0.111. The second-order valence-corrected chi connectivity index (χ2v) is 2.08. The Labute approximate surface area is 63.9 Å². The van der Waals surface area contributed by atoms with E-state index in [0.29, 0.717) is 5.56 Å². The average molecular weight is 152 g/mol. The van der Waals surface area contributed by atoms with Gasteiger partial charge in [-0.05, 0) is 18.2 Å². The molecule has 0 aromatic heterocycles. The van der Waals surface area contributed by atoms with E-state index < -0.39 is 12.5 Å². The molecule has 0 aliphatic rings. The molecule has 0 radical (unpaired) electrons. The maximum absolute atomic E-state index is 12.6. The van der Waals surface area contributed by atoms with Gasteiger partial charge in [0, 0.05) is 11.1 Å². The van der Waals surface area contributed by atoms with Gasteiger partial charge in [-0.3, -0.25) is 0 Å². The van der Waals surface area contributed by atoms with E-state index in [4.69, 9.17) is 6.42 Å². The van der Waals surface area contributed by atoms with Crippen LogP contribution in [-0.4, -0.2) is 0 Å². The van der Waals surface area contributed by atoms with Gasteiger partial charge >= 0.3 is 0 Å². The van der Waals surface area contributed by atoms with Crippen LogP contribution in [0.1, 0.15) is 11.1 Å². The minimum absolute atomic E-state index is 0.0143. The molecule has 0 atom stereocenters. The van der Waals surface area contributed by atoms with Crippen LogP contribution >= 0.6 is 0 Å². The third-order valence-corrected chi connectivity index (χ3v) is 1.36. The summed E-state index contributed by atoms with van der Waals surface area (Å²) in [6.45, 7) is -0.818. The first kappa shape index (κ1) is 7.74. The second-order valence-electron chi connectivity index (χ2n) is 2.08. The number of rotatable bonds is 1. The summed E-state index contributed by atoms with van der Waals surface area (Å²) in [6, 6.07) is 3.94. The Kier molecular flexibility index (Phi) is 2.22. The number of halogens is 2. The topological polar surface area (TPSA) is 0 Å². The highest BCUT2D eigenvalue weighted by Crippen LogP contribution is 2.10. The standard InChI is InChI=1S/C9H6F2/c1-2-7-3-4-9(11)8(5-7)6-10/h1,3-5H,6H2. The highest BCUT2D eigenvalue weighted by Gasteiger charge is 2.00. The molecule has 0 fully saturated rings. The van der Waals surface area contributed by atoms with Crippen molar-refractivity contribution in [1.29, 1.82) is 0 Å². The molecule has 0 heterocycles. The lowest BCUT2D eigenvalue weighted by molar-refractivity contribution is 0.464. The van der Waals surface area contributed by atoms with Gasteiger partial charge in [0.1, 0.15) is 12.5 Å². The van der Waals surface area contributed by atoms with E-state index in [2.05, 4.69) is 5.92 Å². The van der Waals surface area contributed by atoms with Crippen molar-refractivity contribution in [3.63, 3.8) is 0 Å². The molecule has 0 spiro atoms. The number of benzene rings is 1. The van der Waals surface area contributed by atoms with Crippen molar-refractivity contribution < 1.29 is 8.78 Å². The summed E-state index contributed by atoms with van der Waals surface area (Å²) in [5.74, 6) is 1.75. The SMILES string of the molecule is C#Cc1ccc(F)c(CF)c1. The third-order valence-electron chi connectivity index (χ3n) is 1.36. The maximum atomic E-state index is 12.6. The van der Waals surface area contributed by atoms with E-state index in [1.807, 2.05) is 0 Å². The molecule has 2 heteroatoms. The van der Waals surface area contributed by atoms with E-state index >= 15 is 0 Å². The van der Waals surface area contributed by atoms with Gasteiger partial charge in [0.05, 0.1) is 0 Å². The summed E-state index contributed by atoms with van der Waals surface area (Å²) in [6.07, 6.45) is 5.03. The third kappa shape index (κ3) is 1.56. The van der Waals surface area contributed by atoms with Crippen molar-refractivity contribution >= 4 is 0 Å². The number of terminal acetylenes is 1. The Bertz CT molecular complexity index is 297. The zero-order valence-electron chi connectivity index (χ0n) is 5.77. The van der Waals surface area contributed by atoms with Crippen LogP contribution in [0.15, 0.2) is 18.2 Å². The molecule has 11 heavy (non-hydrogen) atoms. The van der Waals surface area contributed by atoms with Crippen LogP contribution in [0.2, 0.25) is 0 Å². The Morgan fingerprint density at radius 3 is 2.73 bits per heavy atom. The minimum Gasteiger partial charge on any atom is -0.246 e. The number of hydrogen-bond donors (Lipinski definition) is 0. The van der Waals surface area contributed by atoms with Gasteiger partial charge in [0.25, 0.3) is 0 Å². The minimum atomic E-state index is -0.818. The summed E-state index contributed by atoms with van der Waals surface area (Å²) >= 11 is 0. The van der Waals surface area contributed by atoms with Gasteiger partial charge in [0.15, 0.2) is 0 Å². The molecule has 0 bridgehead atoms. The largest absolute Gasteiger partial charge is 0.246 e. The fourth-order valence-corrected chi connectivity index (χ4v) is 0.767. The molecule has 56 valence electrons. The molecule has 1 rings (SSSR count). The van der Waals surface area contributed by atoms with Crippen LogP contribution in [-0.2, 0) is 6.67 Å². The van der Waals surface area contributed by atoms with Gasteiger partial charge in [-0.25, -0.2) is 8.78 Å². The Balaban J connectivity index is 3.15. The molecule has 0 amide bonds. The van der Waals surface area contributed by atoms with Gasteiger partial charge in [-0.15, -0.1) is 6.42 Å². The molecular formula is C9H6F2. The van der Waals surface area contributed by atoms with E-state index in [0.717, 1.165) is 0 Å². The first-order chi connectivity index (χ1) is 5.27. The fourth-order valence-electron chi connectivity index (χ4n) is 0.767. The smallest absolute Gasteiger partial charge is 0.129 e. The van der Waals surface area contributed by atoms with Crippen molar-refractivity contribution in [1.82, 2.24) is 0 Å². The highest BCUT2D eigenvalue weighted by atomic mass is 19.1. The predicted octanol–water partition coefficient (Wildman–Crippen LogP) is 2.28. The first-order valence-electron chi connectivity index (χ1n) is 3.09. The molecule has 1 aromatic rings. The summed E-state index contributed by atoms with van der Waals surface area (Å²) in [4.78, 5) is 0. The summed E-state index contributed by atoms with van der Waals surface area (Å²) < 4.78 is 24.6. The molecule has 0 aliphatic carbocycles. The lowest BCUT2D eigenvalue weighted by Gasteiger charge is -1.96. The van der Waals surface area contributed by atoms with Crippen LogP contribution in [0.3, 0.4) is 0 Å². The Hall–Kier alpha value is -1.36. The molecule has 0 saturated heterocycles. The molecular weight excluding hydrogens is 146 g/mol. The number of alkyl halides is 1. The van der Waals surface area contributed by atoms with Crippen molar-refractivity contribution in [3.8, 4) is 12.3 Å². The van der Waals surface area contributed by atoms with Crippen molar-refractivity contribution in [2.75, 3.05) is 0 Å². The van der Waals surface area contributed by atoms with Crippen LogP contribution in [0.5, 0.6) is 0 Å². The van der Waals surface area contributed by atoms with Gasteiger partial charge < -0.3 is 0 Å². The molecule has 0 saturated carbocycles. The van der Waals surface area contributed by atoms with E-state index in [1.165, 1.54) is 18.2 Å². The van der Waals surface area contributed by atoms with Gasteiger partial charge in [-0.2, -0.15) is 0 Å². The van der Waals surface area contributed by atoms with Crippen LogP contribution < -0.4 is 0 Å². The summed E-state index contributed by atoms with van der Waals surface area (Å²) in [7, 11) is 0. The van der Waals surface area contributed by atoms with E-state index in [9.17, 15) is 8.78 Å². The first-order valence-corrected chi connectivity index (χ1v) is 3.09. The normalized spacial score (nSPS) is 9.18. The number of hydrogen-bond acceptors (Lipinski definition) is 0. The highest BCUT2D eigenvalue weighted by molar-refractivity contribution is 5.35. The second kappa shape index (κ2) is 3.16. The molecule has 0 unspecified atom stereocenters. The summed E-state index contributed by atoms with van der Waals surface area (Å²) in [5.41, 5.74) is 0.513. The molecule has 0 N–H and O–H groups in total. The van der Waals surface area contributed by atoms with Crippen molar-refractivity contribution in [2.45, 2.75) is 6.67 Å². The molecule has 0 nitrogen and oxygen atoms in total. The van der Waals surface area contributed by atoms with Crippen LogP contribution in [0, 0.1) is 18.2 Å². The lowest BCUT2D eigenvalue weighted by atomic mass is 10.1. The predicted molar refractivity (Wildman–Crippen MR) is 39.1 cm³/mol. The van der Waals surface area contributed by atoms with E-state index in [1.54, 1.807) is 0 Å². The van der Waals surface area contributed by atoms with Crippen LogP contribution in [0.25, 0.3) is 0 Å². The lowest BCUT2D eigenvalue weighted by Crippen LogP contribution is -1.87. The monoisotopic (exact) mass is 152 g/mol. The van der Waals surface area contributed by atoms with Gasteiger partial charge in [0.2, 0.25) is 0 Å². The Morgan fingerprint density at radius 2 is 2.18 bits per heavy atom. The zero-order chi connectivity index (χ0) is 8.27. The van der Waals surface area contributed by atoms with Crippen LogP contribution in [0.4, 0.5) is 8.78 Å². The Morgan fingerprint density at radius 1 is 1.45 bits per heavy atom. The average Bonchev–Trinajstić information content (AvgIpc) is 2.05. The maximum Gasteiger partial charge on any atom is 0.129 e. The van der Waals surface area contributed by atoms with Crippen molar-refractivity contribution in [2.24, 2.45) is 0 Å². The molecule has 0 aliphatic heterocycles.